The molecular formula is C13H16FNO2. The van der Waals surface area contributed by atoms with Crippen molar-refractivity contribution in [3.8, 4) is 0 Å². The van der Waals surface area contributed by atoms with Gasteiger partial charge in [0.2, 0.25) is 0 Å². The van der Waals surface area contributed by atoms with E-state index in [9.17, 15) is 9.18 Å². The van der Waals surface area contributed by atoms with Gasteiger partial charge in [-0.05, 0) is 31.9 Å². The van der Waals surface area contributed by atoms with Gasteiger partial charge in [0.1, 0.15) is 5.82 Å². The van der Waals surface area contributed by atoms with Crippen molar-refractivity contribution in [3.63, 3.8) is 0 Å². The van der Waals surface area contributed by atoms with Crippen molar-refractivity contribution in [3.05, 3.63) is 30.1 Å². The minimum atomic E-state index is -0.793. The van der Waals surface area contributed by atoms with Crippen LogP contribution in [0, 0.1) is 11.7 Å². The number of halogens is 1. The topological polar surface area (TPSA) is 40.5 Å². The largest absolute Gasteiger partial charge is 0.481 e. The summed E-state index contributed by atoms with van der Waals surface area (Å²) in [5.74, 6) is -1.49. The molecule has 0 aromatic heterocycles. The van der Waals surface area contributed by atoms with E-state index in [-0.39, 0.29) is 11.9 Å². The van der Waals surface area contributed by atoms with E-state index < -0.39 is 11.9 Å². The van der Waals surface area contributed by atoms with E-state index in [0.717, 1.165) is 6.42 Å². The quantitative estimate of drug-likeness (QED) is 0.859. The van der Waals surface area contributed by atoms with Crippen LogP contribution >= 0.6 is 0 Å². The maximum atomic E-state index is 13.7. The highest BCUT2D eigenvalue weighted by Gasteiger charge is 2.33. The molecule has 1 heterocycles. The first-order chi connectivity index (χ1) is 8.11. The van der Waals surface area contributed by atoms with Crippen LogP contribution in [-0.4, -0.2) is 23.7 Å². The minimum absolute atomic E-state index is 0.168. The number of hydrogen-bond acceptors (Lipinski definition) is 2. The van der Waals surface area contributed by atoms with Crippen molar-refractivity contribution >= 4 is 11.7 Å². The van der Waals surface area contributed by atoms with Gasteiger partial charge in [-0.3, -0.25) is 4.79 Å². The highest BCUT2D eigenvalue weighted by atomic mass is 19.1. The average Bonchev–Trinajstić information content (AvgIpc) is 2.30. The standard InChI is InChI=1S/C13H16FNO2/c1-9-10(13(16)17)5-4-8-15(9)12-7-3-2-6-11(12)14/h2-3,6-7,9-10H,4-5,8H2,1H3,(H,16,17)/t9-,10+/m1/s1. The Morgan fingerprint density at radius 2 is 2.18 bits per heavy atom. The zero-order valence-electron chi connectivity index (χ0n) is 9.77. The van der Waals surface area contributed by atoms with E-state index in [4.69, 9.17) is 5.11 Å². The Morgan fingerprint density at radius 3 is 2.82 bits per heavy atom. The molecule has 2 atom stereocenters. The summed E-state index contributed by atoms with van der Waals surface area (Å²) in [5, 5.41) is 9.12. The second-order valence-electron chi connectivity index (χ2n) is 4.47. The van der Waals surface area contributed by atoms with Gasteiger partial charge >= 0.3 is 5.97 Å². The Morgan fingerprint density at radius 1 is 1.47 bits per heavy atom. The van der Waals surface area contributed by atoms with Gasteiger partial charge in [0, 0.05) is 12.6 Å². The van der Waals surface area contributed by atoms with Gasteiger partial charge in [-0.15, -0.1) is 0 Å². The van der Waals surface area contributed by atoms with E-state index >= 15 is 0 Å². The molecule has 0 bridgehead atoms. The first-order valence-electron chi connectivity index (χ1n) is 5.85. The van der Waals surface area contributed by atoms with Crippen molar-refractivity contribution in [2.45, 2.75) is 25.8 Å². The van der Waals surface area contributed by atoms with E-state index in [1.54, 1.807) is 18.2 Å². The van der Waals surface area contributed by atoms with Crippen LogP contribution in [0.2, 0.25) is 0 Å². The number of benzene rings is 1. The lowest BCUT2D eigenvalue weighted by molar-refractivity contribution is -0.143. The molecule has 1 saturated heterocycles. The second-order valence-corrected chi connectivity index (χ2v) is 4.47. The van der Waals surface area contributed by atoms with Crippen LogP contribution in [0.25, 0.3) is 0 Å². The lowest BCUT2D eigenvalue weighted by Crippen LogP contribution is -2.46. The summed E-state index contributed by atoms with van der Waals surface area (Å²) >= 11 is 0. The Hall–Kier alpha value is -1.58. The van der Waals surface area contributed by atoms with Crippen LogP contribution in [0.4, 0.5) is 10.1 Å². The second kappa shape index (κ2) is 4.73. The molecule has 0 radical (unpaired) electrons. The molecule has 1 aliphatic heterocycles. The highest BCUT2D eigenvalue weighted by molar-refractivity contribution is 5.72. The summed E-state index contributed by atoms with van der Waals surface area (Å²) in [4.78, 5) is 13.0. The number of hydrogen-bond donors (Lipinski definition) is 1. The Bertz CT molecular complexity index is 422. The summed E-state index contributed by atoms with van der Waals surface area (Å²) in [6.07, 6.45) is 1.46. The number of para-hydroxylation sites is 1. The Kier molecular flexibility index (Phi) is 3.31. The summed E-state index contributed by atoms with van der Waals surface area (Å²) in [6.45, 7) is 2.57. The van der Waals surface area contributed by atoms with Crippen molar-refractivity contribution in [2.75, 3.05) is 11.4 Å². The van der Waals surface area contributed by atoms with Crippen LogP contribution in [0.3, 0.4) is 0 Å². The molecule has 2 rings (SSSR count). The van der Waals surface area contributed by atoms with Crippen molar-refractivity contribution in [1.82, 2.24) is 0 Å². The molecule has 0 spiro atoms. The van der Waals surface area contributed by atoms with E-state index in [0.29, 0.717) is 18.7 Å². The van der Waals surface area contributed by atoms with Gasteiger partial charge < -0.3 is 10.0 Å². The molecule has 0 aliphatic carbocycles. The fourth-order valence-electron chi connectivity index (χ4n) is 2.50. The number of piperidine rings is 1. The van der Waals surface area contributed by atoms with Crippen molar-refractivity contribution in [2.24, 2.45) is 5.92 Å². The van der Waals surface area contributed by atoms with Gasteiger partial charge in [0.15, 0.2) is 0 Å². The van der Waals surface area contributed by atoms with Crippen LogP contribution in [0.1, 0.15) is 19.8 Å². The van der Waals surface area contributed by atoms with Crippen LogP contribution in [-0.2, 0) is 4.79 Å². The predicted molar refractivity (Wildman–Crippen MR) is 63.6 cm³/mol. The van der Waals surface area contributed by atoms with Gasteiger partial charge in [-0.2, -0.15) is 0 Å². The molecule has 0 amide bonds. The maximum absolute atomic E-state index is 13.7. The van der Waals surface area contributed by atoms with E-state index in [1.165, 1.54) is 6.07 Å². The van der Waals surface area contributed by atoms with Crippen molar-refractivity contribution in [1.29, 1.82) is 0 Å². The number of carbonyl (C=O) groups is 1. The minimum Gasteiger partial charge on any atom is -0.481 e. The molecule has 1 aromatic rings. The number of carboxylic acid groups (broad SMARTS) is 1. The number of anilines is 1. The third-order valence-electron chi connectivity index (χ3n) is 3.47. The number of carboxylic acids is 1. The Labute approximate surface area is 99.9 Å². The SMILES string of the molecule is C[C@@H]1[C@@H](C(=O)O)CCCN1c1ccccc1F. The molecule has 1 N–H and O–H groups in total. The first kappa shape index (κ1) is 11.9. The molecule has 0 saturated carbocycles. The third kappa shape index (κ3) is 2.25. The molecule has 92 valence electrons. The molecule has 1 aromatic carbocycles. The number of aliphatic carboxylic acids is 1. The normalized spacial score (nSPS) is 24.7. The van der Waals surface area contributed by atoms with Gasteiger partial charge in [-0.1, -0.05) is 12.1 Å². The summed E-state index contributed by atoms with van der Waals surface area (Å²) in [5.41, 5.74) is 0.506. The lowest BCUT2D eigenvalue weighted by atomic mass is 9.90. The third-order valence-corrected chi connectivity index (χ3v) is 3.47. The first-order valence-corrected chi connectivity index (χ1v) is 5.85. The zero-order valence-corrected chi connectivity index (χ0v) is 9.77. The molecule has 0 unspecified atom stereocenters. The fourth-order valence-corrected chi connectivity index (χ4v) is 2.50. The average molecular weight is 237 g/mol. The monoisotopic (exact) mass is 237 g/mol. The molecule has 3 nitrogen and oxygen atoms in total. The van der Waals surface area contributed by atoms with E-state index in [1.807, 2.05) is 11.8 Å². The van der Waals surface area contributed by atoms with E-state index in [2.05, 4.69) is 0 Å². The highest BCUT2D eigenvalue weighted by Crippen LogP contribution is 2.30. The van der Waals surface area contributed by atoms with Gasteiger partial charge in [-0.25, -0.2) is 4.39 Å². The van der Waals surface area contributed by atoms with Crippen LogP contribution in [0.5, 0.6) is 0 Å². The molecule has 4 heteroatoms. The molecule has 17 heavy (non-hydrogen) atoms. The number of nitrogens with zero attached hydrogens (tertiary/aromatic N) is 1. The van der Waals surface area contributed by atoms with Gasteiger partial charge in [0.25, 0.3) is 0 Å². The zero-order chi connectivity index (χ0) is 12.4. The van der Waals surface area contributed by atoms with Crippen LogP contribution < -0.4 is 4.90 Å². The molecule has 1 aliphatic rings. The lowest BCUT2D eigenvalue weighted by Gasteiger charge is -2.39. The summed E-state index contributed by atoms with van der Waals surface area (Å²) in [7, 11) is 0. The predicted octanol–water partition coefficient (Wildman–Crippen LogP) is 2.52. The smallest absolute Gasteiger partial charge is 0.308 e. The Balaban J connectivity index is 2.27. The van der Waals surface area contributed by atoms with Crippen LogP contribution in [0.15, 0.2) is 24.3 Å². The van der Waals surface area contributed by atoms with Gasteiger partial charge in [0.05, 0.1) is 11.6 Å². The molecular weight excluding hydrogens is 221 g/mol. The summed E-state index contributed by atoms with van der Waals surface area (Å²) in [6, 6.07) is 6.36. The molecule has 1 fully saturated rings. The number of rotatable bonds is 2. The van der Waals surface area contributed by atoms with Crippen molar-refractivity contribution < 1.29 is 14.3 Å². The summed E-state index contributed by atoms with van der Waals surface area (Å²) < 4.78 is 13.7. The fraction of sp³-hybridized carbons (Fsp3) is 0.462. The maximum Gasteiger partial charge on any atom is 0.308 e.